The number of hydrogen-bond donors (Lipinski definition) is 1. The van der Waals surface area contributed by atoms with Gasteiger partial charge >= 0.3 is 5.97 Å². The maximum Gasteiger partial charge on any atom is 0.336 e. The molecule has 76 valence electrons. The number of alkyl halides is 2. The second kappa shape index (κ2) is 3.92. The molecule has 0 amide bonds. The van der Waals surface area contributed by atoms with Gasteiger partial charge in [-0.1, -0.05) is 11.6 Å². The molecule has 0 saturated heterocycles. The standard InChI is InChI=1S/C9H7ClF2O2/c1-4-2-6(9(13)14)5(8(11)12)3-7(4)10/h2-3,8H,1H3,(H,13,14). The van der Waals surface area contributed by atoms with Gasteiger partial charge in [0.15, 0.2) is 0 Å². The number of halogens is 3. The Hall–Kier alpha value is -1.16. The maximum absolute atomic E-state index is 12.4. The van der Waals surface area contributed by atoms with Crippen LogP contribution in [0.1, 0.15) is 27.9 Å². The topological polar surface area (TPSA) is 37.3 Å². The maximum atomic E-state index is 12.4. The number of aryl methyl sites for hydroxylation is 1. The van der Waals surface area contributed by atoms with Gasteiger partial charge < -0.3 is 5.11 Å². The molecule has 0 aliphatic carbocycles. The number of carboxylic acid groups (broad SMARTS) is 1. The van der Waals surface area contributed by atoms with Crippen molar-refractivity contribution in [1.82, 2.24) is 0 Å². The predicted octanol–water partition coefficient (Wildman–Crippen LogP) is 3.28. The Morgan fingerprint density at radius 2 is 2.07 bits per heavy atom. The number of aromatic carboxylic acids is 1. The fourth-order valence-electron chi connectivity index (χ4n) is 1.06. The third-order valence-electron chi connectivity index (χ3n) is 1.80. The van der Waals surface area contributed by atoms with Gasteiger partial charge in [0.2, 0.25) is 0 Å². The minimum absolute atomic E-state index is 0.144. The molecule has 14 heavy (non-hydrogen) atoms. The zero-order chi connectivity index (χ0) is 10.9. The zero-order valence-corrected chi connectivity index (χ0v) is 7.98. The largest absolute Gasteiger partial charge is 0.478 e. The Balaban J connectivity index is 3.39. The van der Waals surface area contributed by atoms with Gasteiger partial charge in [0.1, 0.15) is 0 Å². The molecule has 2 nitrogen and oxygen atoms in total. The van der Waals surface area contributed by atoms with Crippen LogP contribution in [0, 0.1) is 6.92 Å². The Labute approximate surface area is 84.1 Å². The molecule has 5 heteroatoms. The molecule has 1 N–H and O–H groups in total. The first-order valence-corrected chi connectivity index (χ1v) is 4.12. The Morgan fingerprint density at radius 1 is 1.50 bits per heavy atom. The molecule has 0 aliphatic rings. The molecule has 0 unspecified atom stereocenters. The van der Waals surface area contributed by atoms with Gasteiger partial charge in [-0.25, -0.2) is 13.6 Å². The minimum Gasteiger partial charge on any atom is -0.478 e. The van der Waals surface area contributed by atoms with Gasteiger partial charge in [0.25, 0.3) is 6.43 Å². The molecule has 0 aliphatic heterocycles. The molecule has 0 bridgehead atoms. The van der Waals surface area contributed by atoms with Gasteiger partial charge in [-0.3, -0.25) is 0 Å². The van der Waals surface area contributed by atoms with Gasteiger partial charge in [0, 0.05) is 10.6 Å². The van der Waals surface area contributed by atoms with Crippen LogP contribution in [0.5, 0.6) is 0 Å². The quantitative estimate of drug-likeness (QED) is 0.831. The molecule has 1 aromatic carbocycles. The van der Waals surface area contributed by atoms with Crippen molar-refractivity contribution in [3.05, 3.63) is 33.8 Å². The van der Waals surface area contributed by atoms with E-state index in [4.69, 9.17) is 16.7 Å². The van der Waals surface area contributed by atoms with E-state index in [2.05, 4.69) is 0 Å². The second-order valence-electron chi connectivity index (χ2n) is 2.79. The highest BCUT2D eigenvalue weighted by Gasteiger charge is 2.19. The van der Waals surface area contributed by atoms with Gasteiger partial charge in [-0.2, -0.15) is 0 Å². The highest BCUT2D eigenvalue weighted by Crippen LogP contribution is 2.28. The number of hydrogen-bond acceptors (Lipinski definition) is 1. The van der Waals surface area contributed by atoms with E-state index in [0.29, 0.717) is 5.56 Å². The molecule has 0 fully saturated rings. The van der Waals surface area contributed by atoms with E-state index in [0.717, 1.165) is 12.1 Å². The average Bonchev–Trinajstić information content (AvgIpc) is 2.08. The summed E-state index contributed by atoms with van der Waals surface area (Å²) in [7, 11) is 0. The van der Waals surface area contributed by atoms with Crippen molar-refractivity contribution in [2.24, 2.45) is 0 Å². The number of carbonyl (C=O) groups is 1. The van der Waals surface area contributed by atoms with Crippen LogP contribution in [-0.2, 0) is 0 Å². The van der Waals surface area contributed by atoms with E-state index in [1.54, 1.807) is 6.92 Å². The van der Waals surface area contributed by atoms with Gasteiger partial charge in [-0.05, 0) is 24.6 Å². The second-order valence-corrected chi connectivity index (χ2v) is 3.20. The SMILES string of the molecule is Cc1cc(C(=O)O)c(C(F)F)cc1Cl. The van der Waals surface area contributed by atoms with Crippen molar-refractivity contribution >= 4 is 17.6 Å². The first-order chi connectivity index (χ1) is 6.43. The van der Waals surface area contributed by atoms with E-state index in [1.807, 2.05) is 0 Å². The first kappa shape index (κ1) is 10.9. The normalized spacial score (nSPS) is 10.6. The van der Waals surface area contributed by atoms with Crippen LogP contribution in [0.2, 0.25) is 5.02 Å². The fraction of sp³-hybridized carbons (Fsp3) is 0.222. The van der Waals surface area contributed by atoms with Crippen molar-refractivity contribution < 1.29 is 18.7 Å². The number of benzene rings is 1. The van der Waals surface area contributed by atoms with E-state index in [-0.39, 0.29) is 5.02 Å². The fourth-order valence-corrected chi connectivity index (χ4v) is 1.23. The van der Waals surface area contributed by atoms with Gasteiger partial charge in [-0.15, -0.1) is 0 Å². The number of rotatable bonds is 2. The monoisotopic (exact) mass is 220 g/mol. The van der Waals surface area contributed by atoms with Crippen LogP contribution in [0.15, 0.2) is 12.1 Å². The molecular formula is C9H7ClF2O2. The third kappa shape index (κ3) is 2.01. The smallest absolute Gasteiger partial charge is 0.336 e. The average molecular weight is 221 g/mol. The number of carboxylic acids is 1. The lowest BCUT2D eigenvalue weighted by Crippen LogP contribution is -2.03. The molecule has 0 heterocycles. The van der Waals surface area contributed by atoms with Crippen LogP contribution in [0.25, 0.3) is 0 Å². The molecule has 1 aromatic rings. The summed E-state index contributed by atoms with van der Waals surface area (Å²) >= 11 is 5.61. The molecule has 1 rings (SSSR count). The Bertz CT molecular complexity index is 377. The highest BCUT2D eigenvalue weighted by atomic mass is 35.5. The molecule has 0 spiro atoms. The summed E-state index contributed by atoms with van der Waals surface area (Å²) in [5.74, 6) is -1.37. The van der Waals surface area contributed by atoms with Crippen LogP contribution < -0.4 is 0 Å². The predicted molar refractivity (Wildman–Crippen MR) is 48.1 cm³/mol. The van der Waals surface area contributed by atoms with Crippen molar-refractivity contribution in [2.75, 3.05) is 0 Å². The van der Waals surface area contributed by atoms with Crippen molar-refractivity contribution in [1.29, 1.82) is 0 Å². The molecule has 0 aromatic heterocycles. The van der Waals surface area contributed by atoms with Crippen LogP contribution in [-0.4, -0.2) is 11.1 Å². The summed E-state index contributed by atoms with van der Waals surface area (Å²) in [4.78, 5) is 10.6. The van der Waals surface area contributed by atoms with E-state index >= 15 is 0 Å². The van der Waals surface area contributed by atoms with Crippen LogP contribution in [0.4, 0.5) is 8.78 Å². The van der Waals surface area contributed by atoms with E-state index in [1.165, 1.54) is 0 Å². The van der Waals surface area contributed by atoms with Crippen molar-refractivity contribution in [3.63, 3.8) is 0 Å². The summed E-state index contributed by atoms with van der Waals surface area (Å²) in [6, 6.07) is 2.14. The lowest BCUT2D eigenvalue weighted by atomic mass is 10.0. The summed E-state index contributed by atoms with van der Waals surface area (Å²) < 4.78 is 24.8. The highest BCUT2D eigenvalue weighted by molar-refractivity contribution is 6.31. The molecule has 0 saturated carbocycles. The molecule has 0 atom stereocenters. The van der Waals surface area contributed by atoms with Gasteiger partial charge in [0.05, 0.1) is 5.56 Å². The van der Waals surface area contributed by atoms with E-state index in [9.17, 15) is 13.6 Å². The lowest BCUT2D eigenvalue weighted by molar-refractivity contribution is 0.0684. The van der Waals surface area contributed by atoms with Crippen molar-refractivity contribution in [3.8, 4) is 0 Å². The summed E-state index contributed by atoms with van der Waals surface area (Å²) in [6.45, 7) is 1.56. The van der Waals surface area contributed by atoms with Crippen LogP contribution in [0.3, 0.4) is 0 Å². The minimum atomic E-state index is -2.83. The summed E-state index contributed by atoms with van der Waals surface area (Å²) in [5.41, 5.74) is -0.483. The Kier molecular flexibility index (Phi) is 3.06. The van der Waals surface area contributed by atoms with E-state index < -0.39 is 23.5 Å². The first-order valence-electron chi connectivity index (χ1n) is 3.75. The molecular weight excluding hydrogens is 214 g/mol. The third-order valence-corrected chi connectivity index (χ3v) is 2.20. The summed E-state index contributed by atoms with van der Waals surface area (Å²) in [5, 5.41) is 8.80. The lowest BCUT2D eigenvalue weighted by Gasteiger charge is -2.07. The van der Waals surface area contributed by atoms with Crippen molar-refractivity contribution in [2.45, 2.75) is 13.3 Å². The molecule has 0 radical (unpaired) electrons. The zero-order valence-electron chi connectivity index (χ0n) is 7.22. The Morgan fingerprint density at radius 3 is 2.50 bits per heavy atom. The van der Waals surface area contributed by atoms with Crippen LogP contribution >= 0.6 is 11.6 Å². The summed E-state index contributed by atoms with van der Waals surface area (Å²) in [6.07, 6.45) is -2.83.